The van der Waals surface area contributed by atoms with Crippen molar-refractivity contribution in [1.29, 1.82) is 0 Å². The SMILES string of the molecule is CC(CCNCC(C(C)C)N1CCN(C)CC1)c1ccccc1. The molecule has 1 aliphatic heterocycles. The van der Waals surface area contributed by atoms with Crippen LogP contribution in [0.4, 0.5) is 0 Å². The lowest BCUT2D eigenvalue weighted by molar-refractivity contribution is 0.0877. The minimum absolute atomic E-state index is 0.629. The maximum Gasteiger partial charge on any atom is 0.0244 e. The van der Waals surface area contributed by atoms with Crippen molar-refractivity contribution in [3.05, 3.63) is 35.9 Å². The summed E-state index contributed by atoms with van der Waals surface area (Å²) in [5, 5.41) is 3.72. The van der Waals surface area contributed by atoms with Crippen LogP contribution in [0.15, 0.2) is 30.3 Å². The zero-order valence-corrected chi connectivity index (χ0v) is 15.5. The fraction of sp³-hybridized carbons (Fsp3) is 0.700. The van der Waals surface area contributed by atoms with E-state index in [1.807, 2.05) is 0 Å². The van der Waals surface area contributed by atoms with Gasteiger partial charge in [-0.3, -0.25) is 4.90 Å². The van der Waals surface area contributed by atoms with Gasteiger partial charge in [-0.05, 0) is 37.4 Å². The molecule has 1 saturated heterocycles. The third-order valence-corrected chi connectivity index (χ3v) is 5.25. The third-order valence-electron chi connectivity index (χ3n) is 5.25. The number of benzene rings is 1. The lowest BCUT2D eigenvalue weighted by atomic mass is 9.97. The van der Waals surface area contributed by atoms with Gasteiger partial charge < -0.3 is 10.2 Å². The van der Waals surface area contributed by atoms with Gasteiger partial charge in [-0.15, -0.1) is 0 Å². The monoisotopic (exact) mass is 317 g/mol. The van der Waals surface area contributed by atoms with E-state index in [9.17, 15) is 0 Å². The Balaban J connectivity index is 1.72. The molecule has 2 unspecified atom stereocenters. The van der Waals surface area contributed by atoms with Crippen LogP contribution in [0.5, 0.6) is 0 Å². The number of rotatable bonds is 8. The van der Waals surface area contributed by atoms with Gasteiger partial charge in [0.2, 0.25) is 0 Å². The quantitative estimate of drug-likeness (QED) is 0.744. The van der Waals surface area contributed by atoms with Crippen LogP contribution in [0, 0.1) is 5.92 Å². The number of nitrogens with one attached hydrogen (secondary N) is 1. The first-order valence-corrected chi connectivity index (χ1v) is 9.26. The average molecular weight is 318 g/mol. The molecular weight excluding hydrogens is 282 g/mol. The number of likely N-dealkylation sites (N-methyl/N-ethyl adjacent to an activating group) is 1. The van der Waals surface area contributed by atoms with Gasteiger partial charge in [0.1, 0.15) is 0 Å². The summed E-state index contributed by atoms with van der Waals surface area (Å²) < 4.78 is 0. The molecule has 1 aliphatic rings. The summed E-state index contributed by atoms with van der Waals surface area (Å²) in [6.07, 6.45) is 1.21. The van der Waals surface area contributed by atoms with Gasteiger partial charge in [0.05, 0.1) is 0 Å². The van der Waals surface area contributed by atoms with E-state index in [1.54, 1.807) is 0 Å². The molecule has 130 valence electrons. The molecule has 0 spiro atoms. The Labute approximate surface area is 143 Å². The summed E-state index contributed by atoms with van der Waals surface area (Å²) in [6, 6.07) is 11.5. The summed E-state index contributed by atoms with van der Waals surface area (Å²) in [7, 11) is 2.23. The van der Waals surface area contributed by atoms with E-state index in [0.717, 1.165) is 13.1 Å². The highest BCUT2D eigenvalue weighted by Crippen LogP contribution is 2.18. The van der Waals surface area contributed by atoms with Crippen LogP contribution in [-0.4, -0.2) is 62.2 Å². The topological polar surface area (TPSA) is 18.5 Å². The fourth-order valence-corrected chi connectivity index (χ4v) is 3.46. The standard InChI is InChI=1S/C20H35N3/c1-17(2)20(23-14-12-22(4)13-15-23)16-21-11-10-18(3)19-8-6-5-7-9-19/h5-9,17-18,20-21H,10-16H2,1-4H3. The number of hydrogen-bond donors (Lipinski definition) is 1. The Kier molecular flexibility index (Phi) is 7.54. The van der Waals surface area contributed by atoms with Crippen LogP contribution >= 0.6 is 0 Å². The van der Waals surface area contributed by atoms with Crippen LogP contribution in [0.25, 0.3) is 0 Å². The molecule has 0 amide bonds. The highest BCUT2D eigenvalue weighted by molar-refractivity contribution is 5.18. The Morgan fingerprint density at radius 1 is 1.00 bits per heavy atom. The Morgan fingerprint density at radius 2 is 1.65 bits per heavy atom. The smallest absolute Gasteiger partial charge is 0.0244 e. The normalized spacial score (nSPS) is 19.9. The van der Waals surface area contributed by atoms with Crippen LogP contribution in [0.3, 0.4) is 0 Å². The minimum atomic E-state index is 0.629. The summed E-state index contributed by atoms with van der Waals surface area (Å²) in [5.41, 5.74) is 1.45. The summed E-state index contributed by atoms with van der Waals surface area (Å²) in [4.78, 5) is 5.11. The molecule has 3 nitrogen and oxygen atoms in total. The molecule has 1 heterocycles. The average Bonchev–Trinajstić information content (AvgIpc) is 2.56. The van der Waals surface area contributed by atoms with Crippen LogP contribution in [0.2, 0.25) is 0 Å². The molecule has 0 aliphatic carbocycles. The first-order valence-electron chi connectivity index (χ1n) is 9.26. The van der Waals surface area contributed by atoms with Crippen molar-refractivity contribution in [1.82, 2.24) is 15.1 Å². The largest absolute Gasteiger partial charge is 0.315 e. The summed E-state index contributed by atoms with van der Waals surface area (Å²) >= 11 is 0. The highest BCUT2D eigenvalue weighted by Gasteiger charge is 2.24. The van der Waals surface area contributed by atoms with E-state index in [2.05, 4.69) is 73.3 Å². The first kappa shape index (κ1) is 18.4. The molecule has 1 N–H and O–H groups in total. The molecule has 23 heavy (non-hydrogen) atoms. The summed E-state index contributed by atoms with van der Waals surface area (Å²) in [6.45, 7) is 14.1. The molecule has 2 atom stereocenters. The molecular formula is C20H35N3. The van der Waals surface area contributed by atoms with Crippen LogP contribution < -0.4 is 5.32 Å². The number of hydrogen-bond acceptors (Lipinski definition) is 3. The van der Waals surface area contributed by atoms with Gasteiger partial charge in [-0.25, -0.2) is 0 Å². The van der Waals surface area contributed by atoms with E-state index in [1.165, 1.54) is 38.2 Å². The minimum Gasteiger partial charge on any atom is -0.315 e. The summed E-state index contributed by atoms with van der Waals surface area (Å²) in [5.74, 6) is 1.34. The first-order chi connectivity index (χ1) is 11.1. The second-order valence-electron chi connectivity index (χ2n) is 7.46. The Hall–Kier alpha value is -0.900. The van der Waals surface area contributed by atoms with E-state index in [0.29, 0.717) is 17.9 Å². The predicted molar refractivity (Wildman–Crippen MR) is 100 cm³/mol. The Bertz CT molecular complexity index is 424. The molecule has 2 rings (SSSR count). The third kappa shape index (κ3) is 5.91. The molecule has 0 saturated carbocycles. The van der Waals surface area contributed by atoms with Gasteiger partial charge in [-0.1, -0.05) is 51.1 Å². The highest BCUT2D eigenvalue weighted by atomic mass is 15.3. The number of nitrogens with zero attached hydrogens (tertiary/aromatic N) is 2. The molecule has 3 heteroatoms. The van der Waals surface area contributed by atoms with Gasteiger partial charge in [0, 0.05) is 38.8 Å². The van der Waals surface area contributed by atoms with Crippen molar-refractivity contribution in [2.45, 2.75) is 39.2 Å². The Morgan fingerprint density at radius 3 is 2.26 bits per heavy atom. The van der Waals surface area contributed by atoms with E-state index < -0.39 is 0 Å². The lowest BCUT2D eigenvalue weighted by Gasteiger charge is -2.40. The zero-order chi connectivity index (χ0) is 16.7. The maximum absolute atomic E-state index is 3.72. The van der Waals surface area contributed by atoms with Crippen molar-refractivity contribution in [2.24, 2.45) is 5.92 Å². The second-order valence-corrected chi connectivity index (χ2v) is 7.46. The van der Waals surface area contributed by atoms with Gasteiger partial charge in [-0.2, -0.15) is 0 Å². The molecule has 1 aromatic rings. The van der Waals surface area contributed by atoms with Gasteiger partial charge >= 0.3 is 0 Å². The van der Waals surface area contributed by atoms with Crippen LogP contribution in [-0.2, 0) is 0 Å². The molecule has 1 fully saturated rings. The fourth-order valence-electron chi connectivity index (χ4n) is 3.46. The molecule has 0 bridgehead atoms. The van der Waals surface area contributed by atoms with Crippen molar-refractivity contribution in [3.63, 3.8) is 0 Å². The van der Waals surface area contributed by atoms with E-state index in [-0.39, 0.29) is 0 Å². The molecule has 1 aromatic carbocycles. The van der Waals surface area contributed by atoms with Crippen molar-refractivity contribution in [2.75, 3.05) is 46.3 Å². The van der Waals surface area contributed by atoms with E-state index in [4.69, 9.17) is 0 Å². The van der Waals surface area contributed by atoms with Crippen molar-refractivity contribution >= 4 is 0 Å². The lowest BCUT2D eigenvalue weighted by Crippen LogP contribution is -2.53. The van der Waals surface area contributed by atoms with Gasteiger partial charge in [0.25, 0.3) is 0 Å². The van der Waals surface area contributed by atoms with Crippen molar-refractivity contribution < 1.29 is 0 Å². The second kappa shape index (κ2) is 9.41. The molecule has 0 radical (unpaired) electrons. The number of piperazine rings is 1. The maximum atomic E-state index is 3.72. The van der Waals surface area contributed by atoms with Crippen LogP contribution in [0.1, 0.15) is 38.7 Å². The zero-order valence-electron chi connectivity index (χ0n) is 15.5. The molecule has 0 aromatic heterocycles. The van der Waals surface area contributed by atoms with Crippen molar-refractivity contribution in [3.8, 4) is 0 Å². The van der Waals surface area contributed by atoms with E-state index >= 15 is 0 Å². The van der Waals surface area contributed by atoms with Gasteiger partial charge in [0.15, 0.2) is 0 Å². The predicted octanol–water partition coefficient (Wildman–Crippen LogP) is 3.04.